The maximum absolute atomic E-state index is 9.31. The van der Waals surface area contributed by atoms with Crippen LogP contribution < -0.4 is 4.90 Å². The third kappa shape index (κ3) is 2.53. The normalized spacial score (nSPS) is 19.9. The number of piperidine rings is 1. The van der Waals surface area contributed by atoms with Gasteiger partial charge in [0.15, 0.2) is 0 Å². The van der Waals surface area contributed by atoms with Gasteiger partial charge in [0, 0.05) is 25.1 Å². The van der Waals surface area contributed by atoms with E-state index in [4.69, 9.17) is 11.6 Å². The molecule has 1 saturated heterocycles. The van der Waals surface area contributed by atoms with Crippen molar-refractivity contribution in [2.75, 3.05) is 24.6 Å². The van der Waals surface area contributed by atoms with Crippen molar-refractivity contribution in [1.82, 2.24) is 4.98 Å². The Bertz CT molecular complexity index is 587. The Morgan fingerprint density at radius 2 is 2.21 bits per heavy atom. The van der Waals surface area contributed by atoms with Crippen LogP contribution in [0.1, 0.15) is 12.8 Å². The molecule has 3 rings (SSSR count). The van der Waals surface area contributed by atoms with E-state index in [1.807, 2.05) is 18.2 Å². The highest BCUT2D eigenvalue weighted by atomic mass is 35.5. The van der Waals surface area contributed by atoms with E-state index in [1.54, 1.807) is 0 Å². The molecule has 0 radical (unpaired) electrons. The van der Waals surface area contributed by atoms with E-state index in [0.29, 0.717) is 11.1 Å². The molecule has 0 saturated carbocycles. The first-order chi connectivity index (χ1) is 9.28. The monoisotopic (exact) mass is 276 g/mol. The third-order valence-corrected chi connectivity index (χ3v) is 4.07. The lowest BCUT2D eigenvalue weighted by atomic mass is 9.99. The molecule has 1 aliphatic heterocycles. The summed E-state index contributed by atoms with van der Waals surface area (Å²) < 4.78 is 0. The van der Waals surface area contributed by atoms with Crippen molar-refractivity contribution in [3.8, 4) is 0 Å². The van der Waals surface area contributed by atoms with Gasteiger partial charge >= 0.3 is 0 Å². The molecular weight excluding hydrogens is 260 g/mol. The van der Waals surface area contributed by atoms with Crippen LogP contribution in [0, 0.1) is 5.92 Å². The fourth-order valence-corrected chi connectivity index (χ4v) is 2.99. The summed E-state index contributed by atoms with van der Waals surface area (Å²) in [6, 6.07) is 10.1. The molecule has 2 heterocycles. The Hall–Kier alpha value is -1.32. The fraction of sp³-hybridized carbons (Fsp3) is 0.400. The number of aliphatic hydroxyl groups excluding tert-OH is 1. The molecule has 1 aromatic carbocycles. The Labute approximate surface area is 117 Å². The molecular formula is C15H17ClN2O. The summed E-state index contributed by atoms with van der Waals surface area (Å²) in [5, 5.41) is 12.0. The number of anilines is 1. The summed E-state index contributed by atoms with van der Waals surface area (Å²) in [5.74, 6) is 1.27. The van der Waals surface area contributed by atoms with Gasteiger partial charge in [-0.25, -0.2) is 4.98 Å². The lowest BCUT2D eigenvalue weighted by Gasteiger charge is -2.33. The van der Waals surface area contributed by atoms with Crippen molar-refractivity contribution in [3.05, 3.63) is 35.5 Å². The summed E-state index contributed by atoms with van der Waals surface area (Å²) in [6.07, 6.45) is 2.19. The Kier molecular flexibility index (Phi) is 3.58. The van der Waals surface area contributed by atoms with Gasteiger partial charge < -0.3 is 10.0 Å². The van der Waals surface area contributed by atoms with Crippen LogP contribution in [0.5, 0.6) is 0 Å². The second-order valence-corrected chi connectivity index (χ2v) is 5.49. The van der Waals surface area contributed by atoms with Crippen LogP contribution in [0.15, 0.2) is 30.3 Å². The van der Waals surface area contributed by atoms with Crippen molar-refractivity contribution in [2.24, 2.45) is 5.92 Å². The molecule has 1 atom stereocenters. The van der Waals surface area contributed by atoms with Crippen molar-refractivity contribution < 1.29 is 5.11 Å². The van der Waals surface area contributed by atoms with Crippen LogP contribution in [0.2, 0.25) is 5.15 Å². The average molecular weight is 277 g/mol. The van der Waals surface area contributed by atoms with Crippen LogP contribution in [0.4, 0.5) is 5.82 Å². The topological polar surface area (TPSA) is 36.4 Å². The van der Waals surface area contributed by atoms with Crippen molar-refractivity contribution in [2.45, 2.75) is 12.8 Å². The minimum atomic E-state index is 0.248. The van der Waals surface area contributed by atoms with E-state index in [9.17, 15) is 5.11 Å². The Balaban J connectivity index is 1.96. The van der Waals surface area contributed by atoms with Gasteiger partial charge in [-0.3, -0.25) is 0 Å². The first-order valence-corrected chi connectivity index (χ1v) is 7.07. The first-order valence-electron chi connectivity index (χ1n) is 6.69. The highest BCUT2D eigenvalue weighted by Gasteiger charge is 2.20. The molecule has 1 fully saturated rings. The molecule has 2 aromatic rings. The standard InChI is InChI=1S/C15H17ClN2O/c16-15-13-6-2-1-5-12(13)8-14(17-15)18-7-3-4-11(9-18)10-19/h1-2,5-6,8,11,19H,3-4,7,9-10H2/t11-/m0/s1. The van der Waals surface area contributed by atoms with Crippen LogP contribution in [0.3, 0.4) is 0 Å². The molecule has 4 heteroatoms. The maximum atomic E-state index is 9.31. The van der Waals surface area contributed by atoms with Gasteiger partial charge in [0.05, 0.1) is 0 Å². The van der Waals surface area contributed by atoms with Crippen LogP contribution >= 0.6 is 11.6 Å². The summed E-state index contributed by atoms with van der Waals surface area (Å²) >= 11 is 6.26. The second kappa shape index (κ2) is 5.35. The van der Waals surface area contributed by atoms with Gasteiger partial charge in [-0.2, -0.15) is 0 Å². The van der Waals surface area contributed by atoms with Crippen LogP contribution in [-0.4, -0.2) is 29.8 Å². The molecule has 100 valence electrons. The zero-order valence-electron chi connectivity index (χ0n) is 10.7. The van der Waals surface area contributed by atoms with Crippen LogP contribution in [-0.2, 0) is 0 Å². The summed E-state index contributed by atoms with van der Waals surface area (Å²) in [5.41, 5.74) is 0. The van der Waals surface area contributed by atoms with Crippen LogP contribution in [0.25, 0.3) is 10.8 Å². The summed E-state index contributed by atoms with van der Waals surface area (Å²) in [7, 11) is 0. The SMILES string of the molecule is OC[C@H]1CCCN(c2cc3ccccc3c(Cl)n2)C1. The number of benzene rings is 1. The number of hydrogen-bond acceptors (Lipinski definition) is 3. The van der Waals surface area contributed by atoms with Gasteiger partial charge in [0.1, 0.15) is 11.0 Å². The Morgan fingerprint density at radius 3 is 3.05 bits per heavy atom. The predicted octanol–water partition coefficient (Wildman–Crippen LogP) is 3.10. The number of rotatable bonds is 2. The molecule has 0 aliphatic carbocycles. The minimum absolute atomic E-state index is 0.248. The molecule has 0 spiro atoms. The van der Waals surface area contributed by atoms with Gasteiger partial charge in [-0.05, 0) is 30.2 Å². The number of hydrogen-bond donors (Lipinski definition) is 1. The molecule has 0 bridgehead atoms. The number of pyridine rings is 1. The minimum Gasteiger partial charge on any atom is -0.396 e. The van der Waals surface area contributed by atoms with E-state index < -0.39 is 0 Å². The van der Waals surface area contributed by atoms with E-state index in [0.717, 1.165) is 42.5 Å². The highest BCUT2D eigenvalue weighted by Crippen LogP contribution is 2.28. The molecule has 1 N–H and O–H groups in total. The molecule has 1 aromatic heterocycles. The molecule has 0 amide bonds. The predicted molar refractivity (Wildman–Crippen MR) is 78.8 cm³/mol. The number of fused-ring (bicyclic) bond motifs is 1. The lowest BCUT2D eigenvalue weighted by Crippen LogP contribution is -2.37. The van der Waals surface area contributed by atoms with Gasteiger partial charge in [-0.1, -0.05) is 35.9 Å². The molecule has 1 aliphatic rings. The summed E-state index contributed by atoms with van der Waals surface area (Å²) in [6.45, 7) is 2.09. The zero-order valence-corrected chi connectivity index (χ0v) is 11.5. The van der Waals surface area contributed by atoms with Crippen molar-refractivity contribution in [3.63, 3.8) is 0 Å². The quantitative estimate of drug-likeness (QED) is 0.857. The highest BCUT2D eigenvalue weighted by molar-refractivity contribution is 6.34. The molecule has 3 nitrogen and oxygen atoms in total. The zero-order chi connectivity index (χ0) is 13.2. The number of halogens is 1. The Morgan fingerprint density at radius 1 is 1.37 bits per heavy atom. The first kappa shape index (κ1) is 12.7. The number of aromatic nitrogens is 1. The van der Waals surface area contributed by atoms with E-state index >= 15 is 0 Å². The maximum Gasteiger partial charge on any atom is 0.139 e. The van der Waals surface area contributed by atoms with Gasteiger partial charge in [0.2, 0.25) is 0 Å². The van der Waals surface area contributed by atoms with E-state index in [1.165, 1.54) is 0 Å². The smallest absolute Gasteiger partial charge is 0.139 e. The largest absolute Gasteiger partial charge is 0.396 e. The van der Waals surface area contributed by atoms with Crippen molar-refractivity contribution in [1.29, 1.82) is 0 Å². The second-order valence-electron chi connectivity index (χ2n) is 5.13. The van der Waals surface area contributed by atoms with Gasteiger partial charge in [-0.15, -0.1) is 0 Å². The fourth-order valence-electron chi connectivity index (χ4n) is 2.73. The average Bonchev–Trinajstić information content (AvgIpc) is 2.47. The van der Waals surface area contributed by atoms with E-state index in [-0.39, 0.29) is 6.61 Å². The molecule has 0 unspecified atom stereocenters. The third-order valence-electron chi connectivity index (χ3n) is 3.78. The summed E-state index contributed by atoms with van der Waals surface area (Å²) in [4.78, 5) is 6.73. The lowest BCUT2D eigenvalue weighted by molar-refractivity contribution is 0.208. The van der Waals surface area contributed by atoms with Gasteiger partial charge in [0.25, 0.3) is 0 Å². The molecule has 19 heavy (non-hydrogen) atoms. The number of nitrogens with zero attached hydrogens (tertiary/aromatic N) is 2. The van der Waals surface area contributed by atoms with E-state index in [2.05, 4.69) is 22.0 Å². The number of aliphatic hydroxyl groups is 1. The van der Waals surface area contributed by atoms with Crippen molar-refractivity contribution >= 4 is 28.2 Å².